The first-order valence-corrected chi connectivity index (χ1v) is 12.6. The number of allylic oxidation sites excluding steroid dienone is 2. The second-order valence-corrected chi connectivity index (χ2v) is 10.5. The van der Waals surface area contributed by atoms with Gasteiger partial charge in [-0.3, -0.25) is 4.79 Å². The zero-order valence-corrected chi connectivity index (χ0v) is 19.7. The molecular formula is C26H38O7. The van der Waals surface area contributed by atoms with Crippen LogP contribution in [0.1, 0.15) is 83.5 Å². The third-order valence-electron chi connectivity index (χ3n) is 8.14. The molecule has 3 spiro atoms. The number of ether oxygens (including phenoxy) is 4. The molecule has 33 heavy (non-hydrogen) atoms. The van der Waals surface area contributed by atoms with Crippen molar-refractivity contribution in [3.05, 3.63) is 11.6 Å². The molecular weight excluding hydrogens is 424 g/mol. The maximum absolute atomic E-state index is 11.4. The molecule has 0 radical (unpaired) electrons. The van der Waals surface area contributed by atoms with Gasteiger partial charge >= 0.3 is 0 Å². The van der Waals surface area contributed by atoms with Gasteiger partial charge in [0.15, 0.2) is 11.6 Å². The SMILES string of the molecule is O=CC1=C[C@]2(CCCC3(C2)OCCO3)CC1.O=CCCC[C@]1(C=O)CCCC2(C1)OCCO2. The van der Waals surface area contributed by atoms with Gasteiger partial charge in [-0.25, -0.2) is 0 Å². The maximum Gasteiger partial charge on any atom is 0.169 e. The fourth-order valence-corrected chi connectivity index (χ4v) is 6.60. The van der Waals surface area contributed by atoms with E-state index in [1.54, 1.807) is 0 Å². The minimum absolute atomic E-state index is 0.179. The van der Waals surface area contributed by atoms with Crippen LogP contribution in [0.3, 0.4) is 0 Å². The molecule has 2 heterocycles. The van der Waals surface area contributed by atoms with Crippen LogP contribution in [-0.2, 0) is 33.3 Å². The van der Waals surface area contributed by atoms with Crippen molar-refractivity contribution in [3.8, 4) is 0 Å². The molecule has 7 heteroatoms. The average Bonchev–Trinajstić information content (AvgIpc) is 3.56. The molecule has 7 nitrogen and oxygen atoms in total. The minimum atomic E-state index is -0.514. The third-order valence-corrected chi connectivity index (χ3v) is 8.14. The minimum Gasteiger partial charge on any atom is -0.348 e. The second kappa shape index (κ2) is 10.5. The number of carbonyl (C=O) groups excluding carboxylic acids is 3. The van der Waals surface area contributed by atoms with E-state index in [1.165, 1.54) is 6.42 Å². The van der Waals surface area contributed by atoms with Crippen molar-refractivity contribution < 1.29 is 33.3 Å². The zero-order chi connectivity index (χ0) is 23.3. The molecule has 0 aromatic heterocycles. The first kappa shape index (κ1) is 24.7. The molecule has 5 aliphatic rings. The topological polar surface area (TPSA) is 88.1 Å². The number of hydrogen-bond donors (Lipinski definition) is 0. The number of hydrogen-bond acceptors (Lipinski definition) is 7. The Kier molecular flexibility index (Phi) is 7.83. The van der Waals surface area contributed by atoms with Crippen LogP contribution in [0.5, 0.6) is 0 Å². The molecule has 2 saturated heterocycles. The van der Waals surface area contributed by atoms with Crippen LogP contribution in [0.4, 0.5) is 0 Å². The molecule has 4 fully saturated rings. The van der Waals surface area contributed by atoms with Crippen LogP contribution in [-0.4, -0.2) is 56.9 Å². The van der Waals surface area contributed by atoms with Crippen molar-refractivity contribution in [1.82, 2.24) is 0 Å². The summed E-state index contributed by atoms with van der Waals surface area (Å²) >= 11 is 0. The summed E-state index contributed by atoms with van der Waals surface area (Å²) in [6, 6.07) is 0. The van der Waals surface area contributed by atoms with Crippen LogP contribution in [0.15, 0.2) is 11.6 Å². The van der Waals surface area contributed by atoms with Gasteiger partial charge in [0.05, 0.1) is 26.4 Å². The zero-order valence-electron chi connectivity index (χ0n) is 19.7. The van der Waals surface area contributed by atoms with Crippen LogP contribution in [0.2, 0.25) is 0 Å². The van der Waals surface area contributed by atoms with Crippen LogP contribution < -0.4 is 0 Å². The van der Waals surface area contributed by atoms with E-state index in [9.17, 15) is 14.4 Å². The Morgan fingerprint density at radius 3 is 2.00 bits per heavy atom. The molecule has 0 bridgehead atoms. The fourth-order valence-electron chi connectivity index (χ4n) is 6.60. The number of unbranched alkanes of at least 4 members (excludes halogenated alkanes) is 1. The van der Waals surface area contributed by atoms with Crippen molar-refractivity contribution in [2.75, 3.05) is 26.4 Å². The highest BCUT2D eigenvalue weighted by atomic mass is 16.7. The summed E-state index contributed by atoms with van der Waals surface area (Å²) in [7, 11) is 0. The Hall–Kier alpha value is -1.41. The normalized spacial score (nSPS) is 34.1. The van der Waals surface area contributed by atoms with Gasteiger partial charge in [-0.05, 0) is 62.4 Å². The summed E-state index contributed by atoms with van der Waals surface area (Å²) in [5, 5.41) is 0. The number of aldehydes is 3. The maximum atomic E-state index is 11.4. The van der Waals surface area contributed by atoms with E-state index >= 15 is 0 Å². The molecule has 3 aliphatic carbocycles. The Morgan fingerprint density at radius 2 is 1.42 bits per heavy atom. The molecule has 0 aromatic rings. The molecule has 0 N–H and O–H groups in total. The summed E-state index contributed by atoms with van der Waals surface area (Å²) in [6.07, 6.45) is 16.9. The fraction of sp³-hybridized carbons (Fsp3) is 0.808. The van der Waals surface area contributed by atoms with Crippen LogP contribution in [0, 0.1) is 10.8 Å². The standard InChI is InChI=1S/C13H20O4.C13H18O3/c14-7-2-1-4-12(11-15)5-3-6-13(10-12)16-8-9-17-13;14-9-11-2-5-12(8-11)3-1-4-13(10-12)15-6-7-16-13/h7,11H,1-6,8-10H2;8-9H,1-7,10H2/t2*12-/m00/s1. The lowest BCUT2D eigenvalue weighted by molar-refractivity contribution is -0.201. The van der Waals surface area contributed by atoms with Gasteiger partial charge < -0.3 is 28.5 Å². The molecule has 2 saturated carbocycles. The Morgan fingerprint density at radius 1 is 0.788 bits per heavy atom. The van der Waals surface area contributed by atoms with Crippen molar-refractivity contribution in [3.63, 3.8) is 0 Å². The Balaban J connectivity index is 0.000000157. The first-order chi connectivity index (χ1) is 16.0. The van der Waals surface area contributed by atoms with Crippen molar-refractivity contribution in [2.24, 2.45) is 10.8 Å². The monoisotopic (exact) mass is 462 g/mol. The number of rotatable bonds is 6. The average molecular weight is 463 g/mol. The first-order valence-electron chi connectivity index (χ1n) is 12.6. The molecule has 0 unspecified atom stereocenters. The summed E-state index contributed by atoms with van der Waals surface area (Å²) in [5.74, 6) is -0.840. The molecule has 2 atom stereocenters. The van der Waals surface area contributed by atoms with Gasteiger partial charge in [0.1, 0.15) is 18.9 Å². The highest BCUT2D eigenvalue weighted by molar-refractivity contribution is 5.74. The second-order valence-electron chi connectivity index (χ2n) is 10.5. The summed E-state index contributed by atoms with van der Waals surface area (Å²) in [5.41, 5.74) is 0.805. The molecule has 2 aliphatic heterocycles. The summed E-state index contributed by atoms with van der Waals surface area (Å²) in [6.45, 7) is 2.70. The van der Waals surface area contributed by atoms with Crippen molar-refractivity contribution in [1.29, 1.82) is 0 Å². The molecule has 5 rings (SSSR count). The van der Waals surface area contributed by atoms with E-state index in [-0.39, 0.29) is 16.6 Å². The summed E-state index contributed by atoms with van der Waals surface area (Å²) < 4.78 is 23.0. The summed E-state index contributed by atoms with van der Waals surface area (Å²) in [4.78, 5) is 32.6. The van der Waals surface area contributed by atoms with Crippen LogP contribution in [0.25, 0.3) is 0 Å². The lowest BCUT2D eigenvalue weighted by Gasteiger charge is -2.42. The Labute approximate surface area is 196 Å². The van der Waals surface area contributed by atoms with E-state index in [1.807, 2.05) is 0 Å². The predicted octanol–water partition coefficient (Wildman–Crippen LogP) is 4.07. The van der Waals surface area contributed by atoms with Gasteiger partial charge in [-0.1, -0.05) is 6.08 Å². The van der Waals surface area contributed by atoms with Crippen molar-refractivity contribution >= 4 is 18.9 Å². The van der Waals surface area contributed by atoms with E-state index in [4.69, 9.17) is 18.9 Å². The molecule has 0 aromatic carbocycles. The van der Waals surface area contributed by atoms with Gasteiger partial charge in [0.2, 0.25) is 0 Å². The van der Waals surface area contributed by atoms with E-state index < -0.39 is 5.79 Å². The lowest BCUT2D eigenvalue weighted by Crippen LogP contribution is -2.43. The Bertz CT molecular complexity index is 735. The largest absolute Gasteiger partial charge is 0.348 e. The van der Waals surface area contributed by atoms with Gasteiger partial charge in [0, 0.05) is 37.5 Å². The van der Waals surface area contributed by atoms with Gasteiger partial charge in [0.25, 0.3) is 0 Å². The van der Waals surface area contributed by atoms with Crippen molar-refractivity contribution in [2.45, 2.75) is 95.0 Å². The van der Waals surface area contributed by atoms with Gasteiger partial charge in [-0.15, -0.1) is 0 Å². The van der Waals surface area contributed by atoms with E-state index in [2.05, 4.69) is 6.08 Å². The van der Waals surface area contributed by atoms with Gasteiger partial charge in [-0.2, -0.15) is 0 Å². The number of carbonyl (C=O) groups is 3. The predicted molar refractivity (Wildman–Crippen MR) is 120 cm³/mol. The lowest BCUT2D eigenvalue weighted by atomic mass is 9.69. The third kappa shape index (κ3) is 5.64. The highest BCUT2D eigenvalue weighted by Crippen LogP contribution is 2.52. The molecule has 184 valence electrons. The quantitative estimate of drug-likeness (QED) is 0.434. The highest BCUT2D eigenvalue weighted by Gasteiger charge is 2.49. The molecule has 0 amide bonds. The van der Waals surface area contributed by atoms with Crippen LogP contribution >= 0.6 is 0 Å². The van der Waals surface area contributed by atoms with E-state index in [0.717, 1.165) is 102 Å². The van der Waals surface area contributed by atoms with E-state index in [0.29, 0.717) is 26.1 Å². The smallest absolute Gasteiger partial charge is 0.169 e.